The monoisotopic (exact) mass is 285 g/mol. The second-order valence-corrected chi connectivity index (χ2v) is 8.28. The van der Waals surface area contributed by atoms with Crippen LogP contribution in [0.25, 0.3) is 0 Å². The van der Waals surface area contributed by atoms with Gasteiger partial charge in [0.15, 0.2) is 9.84 Å². The zero-order valence-electron chi connectivity index (χ0n) is 10.0. The normalized spacial score (nSPS) is 28.4. The van der Waals surface area contributed by atoms with Crippen molar-refractivity contribution in [3.63, 3.8) is 0 Å². The van der Waals surface area contributed by atoms with E-state index in [0.29, 0.717) is 6.42 Å². The van der Waals surface area contributed by atoms with Gasteiger partial charge in [-0.2, -0.15) is 0 Å². The number of unbranched alkanes of at least 4 members (excludes halogenated alkanes) is 1. The molecule has 2 atom stereocenters. The molecule has 17 heavy (non-hydrogen) atoms. The molecule has 1 heterocycles. The minimum Gasteiger partial charge on any atom is -0.379 e. The van der Waals surface area contributed by atoms with Crippen LogP contribution in [0.1, 0.15) is 19.8 Å². The van der Waals surface area contributed by atoms with E-state index in [0.717, 1.165) is 6.42 Å². The highest BCUT2D eigenvalue weighted by Crippen LogP contribution is 2.16. The summed E-state index contributed by atoms with van der Waals surface area (Å²) >= 11 is 0. The minimum absolute atomic E-state index is 0.0243. The van der Waals surface area contributed by atoms with Crippen LogP contribution in [0, 0.1) is 0 Å². The Bertz CT molecular complexity index is 442. The van der Waals surface area contributed by atoms with Gasteiger partial charge in [0, 0.05) is 7.11 Å². The van der Waals surface area contributed by atoms with E-state index in [2.05, 4.69) is 4.72 Å². The molecule has 0 aromatic heterocycles. The number of rotatable bonds is 6. The summed E-state index contributed by atoms with van der Waals surface area (Å²) < 4.78 is 53.5. The predicted octanol–water partition coefficient (Wildman–Crippen LogP) is -0.482. The molecule has 0 bridgehead atoms. The zero-order valence-corrected chi connectivity index (χ0v) is 11.7. The van der Waals surface area contributed by atoms with E-state index in [-0.39, 0.29) is 17.3 Å². The molecule has 0 aromatic carbocycles. The van der Waals surface area contributed by atoms with Gasteiger partial charge in [-0.15, -0.1) is 0 Å². The molecule has 6 nitrogen and oxygen atoms in total. The van der Waals surface area contributed by atoms with Gasteiger partial charge in [-0.05, 0) is 6.42 Å². The van der Waals surface area contributed by atoms with Crippen molar-refractivity contribution in [2.24, 2.45) is 0 Å². The topological polar surface area (TPSA) is 89.5 Å². The van der Waals surface area contributed by atoms with Crippen LogP contribution in [0.3, 0.4) is 0 Å². The third kappa shape index (κ3) is 4.53. The van der Waals surface area contributed by atoms with Crippen molar-refractivity contribution in [2.75, 3.05) is 24.4 Å². The molecule has 1 aliphatic heterocycles. The lowest BCUT2D eigenvalue weighted by atomic mass is 10.2. The van der Waals surface area contributed by atoms with Crippen LogP contribution < -0.4 is 4.72 Å². The number of methoxy groups -OCH3 is 1. The van der Waals surface area contributed by atoms with E-state index in [1.165, 1.54) is 7.11 Å². The number of sulfonamides is 1. The number of nitrogens with one attached hydrogen (secondary N) is 1. The SMILES string of the molecule is CCCCS(=O)(=O)N[C@@H]1CS(=O)(=O)C[C@H]1OC. The summed E-state index contributed by atoms with van der Waals surface area (Å²) in [5, 5.41) is 0. The maximum atomic E-state index is 11.7. The molecular formula is C9H19NO5S2. The molecule has 0 aliphatic carbocycles. The lowest BCUT2D eigenvalue weighted by molar-refractivity contribution is 0.106. The lowest BCUT2D eigenvalue weighted by Gasteiger charge is -2.17. The Balaban J connectivity index is 2.68. The molecule has 1 aliphatic rings. The molecule has 0 aromatic rings. The summed E-state index contributed by atoms with van der Waals surface area (Å²) in [6, 6.07) is -0.660. The number of ether oxygens (including phenoxy) is 1. The minimum atomic E-state index is -3.41. The van der Waals surface area contributed by atoms with Gasteiger partial charge in [-0.1, -0.05) is 13.3 Å². The predicted molar refractivity (Wildman–Crippen MR) is 65.1 cm³/mol. The van der Waals surface area contributed by atoms with E-state index >= 15 is 0 Å². The molecule has 0 unspecified atom stereocenters. The fraction of sp³-hybridized carbons (Fsp3) is 1.00. The molecule has 0 amide bonds. The maximum Gasteiger partial charge on any atom is 0.211 e. The van der Waals surface area contributed by atoms with E-state index in [9.17, 15) is 16.8 Å². The third-order valence-electron chi connectivity index (χ3n) is 2.70. The number of sulfone groups is 1. The van der Waals surface area contributed by atoms with Crippen molar-refractivity contribution in [3.8, 4) is 0 Å². The molecular weight excluding hydrogens is 266 g/mol. The lowest BCUT2D eigenvalue weighted by Crippen LogP contribution is -2.44. The van der Waals surface area contributed by atoms with Crippen molar-refractivity contribution in [3.05, 3.63) is 0 Å². The van der Waals surface area contributed by atoms with Gasteiger partial charge in [-0.3, -0.25) is 0 Å². The van der Waals surface area contributed by atoms with Gasteiger partial charge in [0.1, 0.15) is 0 Å². The molecule has 1 saturated heterocycles. The van der Waals surface area contributed by atoms with E-state index in [1.807, 2.05) is 6.92 Å². The fourth-order valence-electron chi connectivity index (χ4n) is 1.78. The molecule has 1 fully saturated rings. The van der Waals surface area contributed by atoms with Crippen molar-refractivity contribution in [2.45, 2.75) is 31.9 Å². The first-order chi connectivity index (χ1) is 7.79. The summed E-state index contributed by atoms with van der Waals surface area (Å²) in [6.45, 7) is 1.90. The summed E-state index contributed by atoms with van der Waals surface area (Å²) in [5.41, 5.74) is 0. The highest BCUT2D eigenvalue weighted by molar-refractivity contribution is 7.92. The molecule has 102 valence electrons. The molecule has 0 saturated carbocycles. The Kier molecular flexibility index (Phi) is 4.94. The zero-order chi connectivity index (χ0) is 13.1. The van der Waals surface area contributed by atoms with Crippen molar-refractivity contribution in [1.29, 1.82) is 0 Å². The van der Waals surface area contributed by atoms with Crippen LogP contribution in [0.5, 0.6) is 0 Å². The third-order valence-corrected chi connectivity index (χ3v) is 5.89. The Morgan fingerprint density at radius 1 is 1.35 bits per heavy atom. The van der Waals surface area contributed by atoms with Crippen LogP contribution in [-0.2, 0) is 24.6 Å². The molecule has 1 N–H and O–H groups in total. The largest absolute Gasteiger partial charge is 0.379 e. The maximum absolute atomic E-state index is 11.7. The van der Waals surface area contributed by atoms with Crippen LogP contribution in [-0.4, -0.2) is 53.3 Å². The summed E-state index contributed by atoms with van der Waals surface area (Å²) in [4.78, 5) is 0. The molecule has 8 heteroatoms. The van der Waals surface area contributed by atoms with Gasteiger partial charge >= 0.3 is 0 Å². The average molecular weight is 285 g/mol. The summed E-state index contributed by atoms with van der Waals surface area (Å²) in [6.07, 6.45) is 0.751. The summed E-state index contributed by atoms with van der Waals surface area (Å²) in [7, 11) is -5.23. The number of hydrogen-bond donors (Lipinski definition) is 1. The van der Waals surface area contributed by atoms with Gasteiger partial charge in [0.05, 0.1) is 29.4 Å². The van der Waals surface area contributed by atoms with E-state index in [1.54, 1.807) is 0 Å². The first-order valence-electron chi connectivity index (χ1n) is 5.53. The Hall–Kier alpha value is -0.180. The second-order valence-electron chi connectivity index (χ2n) is 4.25. The average Bonchev–Trinajstić information content (AvgIpc) is 2.49. The Morgan fingerprint density at radius 2 is 2.00 bits per heavy atom. The number of hydrogen-bond acceptors (Lipinski definition) is 5. The molecule has 1 rings (SSSR count). The van der Waals surface area contributed by atoms with Gasteiger partial charge in [0.25, 0.3) is 0 Å². The first-order valence-corrected chi connectivity index (χ1v) is 9.00. The quantitative estimate of drug-likeness (QED) is 0.712. The van der Waals surface area contributed by atoms with Gasteiger partial charge < -0.3 is 4.74 Å². The summed E-state index contributed by atoms with van der Waals surface area (Å²) in [5.74, 6) is -0.280. The van der Waals surface area contributed by atoms with Crippen molar-refractivity contribution < 1.29 is 21.6 Å². The van der Waals surface area contributed by atoms with Gasteiger partial charge in [0.2, 0.25) is 10.0 Å². The van der Waals surface area contributed by atoms with E-state index in [4.69, 9.17) is 4.74 Å². The first kappa shape index (κ1) is 14.9. The van der Waals surface area contributed by atoms with Crippen LogP contribution >= 0.6 is 0 Å². The highest BCUT2D eigenvalue weighted by Gasteiger charge is 2.39. The Labute approximate surface area is 103 Å². The second kappa shape index (κ2) is 5.64. The fourth-order valence-corrected chi connectivity index (χ4v) is 5.22. The smallest absolute Gasteiger partial charge is 0.211 e. The van der Waals surface area contributed by atoms with Crippen molar-refractivity contribution in [1.82, 2.24) is 4.72 Å². The van der Waals surface area contributed by atoms with E-state index < -0.39 is 32.0 Å². The van der Waals surface area contributed by atoms with Crippen LogP contribution in [0.4, 0.5) is 0 Å². The standard InChI is InChI=1S/C9H19NO5S2/c1-3-4-5-17(13,14)10-8-6-16(11,12)7-9(8)15-2/h8-10H,3-7H2,1-2H3/t8-,9-/m1/s1. The Morgan fingerprint density at radius 3 is 2.53 bits per heavy atom. The van der Waals surface area contributed by atoms with Crippen LogP contribution in [0.15, 0.2) is 0 Å². The van der Waals surface area contributed by atoms with Crippen molar-refractivity contribution >= 4 is 19.9 Å². The van der Waals surface area contributed by atoms with Crippen LogP contribution in [0.2, 0.25) is 0 Å². The highest BCUT2D eigenvalue weighted by atomic mass is 32.2. The molecule has 0 radical (unpaired) electrons. The molecule has 0 spiro atoms. The van der Waals surface area contributed by atoms with Gasteiger partial charge in [-0.25, -0.2) is 21.6 Å².